The molecule has 1 unspecified atom stereocenters. The van der Waals surface area contributed by atoms with Gasteiger partial charge in [-0.1, -0.05) is 41.9 Å². The van der Waals surface area contributed by atoms with Crippen molar-refractivity contribution in [2.75, 3.05) is 0 Å². The Balaban J connectivity index is 1.74. The predicted molar refractivity (Wildman–Crippen MR) is 132 cm³/mol. The van der Waals surface area contributed by atoms with Gasteiger partial charge in [0.15, 0.2) is 0 Å². The predicted octanol–water partition coefficient (Wildman–Crippen LogP) is 5.01. The third-order valence-electron chi connectivity index (χ3n) is 5.90. The molecule has 0 radical (unpaired) electrons. The smallest absolute Gasteiger partial charge is 0.350 e. The monoisotopic (exact) mass is 515 g/mol. The molecular formula is C26H21ClF3N3O3. The molecule has 186 valence electrons. The summed E-state index contributed by atoms with van der Waals surface area (Å²) in [5.41, 5.74) is -0.629. The molecule has 0 fully saturated rings. The fourth-order valence-corrected chi connectivity index (χ4v) is 4.09. The summed E-state index contributed by atoms with van der Waals surface area (Å²) in [5, 5.41) is 3.16. The molecule has 0 aliphatic heterocycles. The van der Waals surface area contributed by atoms with Crippen molar-refractivity contribution in [1.29, 1.82) is 0 Å². The molecule has 0 saturated carbocycles. The van der Waals surface area contributed by atoms with Crippen LogP contribution in [0.15, 0.2) is 76.3 Å². The van der Waals surface area contributed by atoms with Crippen LogP contribution in [-0.2, 0) is 17.5 Å². The van der Waals surface area contributed by atoms with E-state index in [-0.39, 0.29) is 28.7 Å². The van der Waals surface area contributed by atoms with E-state index < -0.39 is 34.9 Å². The third kappa shape index (κ3) is 4.79. The van der Waals surface area contributed by atoms with Gasteiger partial charge in [-0.05, 0) is 61.4 Å². The zero-order valence-corrected chi connectivity index (χ0v) is 20.0. The second kappa shape index (κ2) is 9.66. The Labute approximate surface area is 208 Å². The summed E-state index contributed by atoms with van der Waals surface area (Å²) in [6.45, 7) is 3.09. The number of benzene rings is 3. The van der Waals surface area contributed by atoms with E-state index in [0.717, 1.165) is 22.3 Å². The van der Waals surface area contributed by atoms with Gasteiger partial charge in [0.2, 0.25) is 5.91 Å². The van der Waals surface area contributed by atoms with Gasteiger partial charge in [-0.3, -0.25) is 14.2 Å². The number of amides is 1. The average Bonchev–Trinajstić information content (AvgIpc) is 2.84. The number of nitrogens with one attached hydrogen (secondary N) is 1. The zero-order valence-electron chi connectivity index (χ0n) is 19.3. The van der Waals surface area contributed by atoms with E-state index >= 15 is 0 Å². The number of carbonyl (C=O) groups excluding carboxylic acids is 1. The number of hydrogen-bond acceptors (Lipinski definition) is 3. The fourth-order valence-electron chi connectivity index (χ4n) is 3.92. The highest BCUT2D eigenvalue weighted by atomic mass is 35.5. The molecule has 0 bridgehead atoms. The minimum atomic E-state index is -4.51. The lowest BCUT2D eigenvalue weighted by Crippen LogP contribution is -2.43. The van der Waals surface area contributed by atoms with Gasteiger partial charge >= 0.3 is 11.9 Å². The lowest BCUT2D eigenvalue weighted by atomic mass is 10.1. The summed E-state index contributed by atoms with van der Waals surface area (Å²) in [5.74, 6) is -0.605. The second-order valence-corrected chi connectivity index (χ2v) is 8.74. The molecule has 1 heterocycles. The molecule has 1 atom stereocenters. The second-order valence-electron chi connectivity index (χ2n) is 8.34. The molecular weight excluding hydrogens is 495 g/mol. The van der Waals surface area contributed by atoms with Crippen molar-refractivity contribution >= 4 is 28.4 Å². The largest absolute Gasteiger partial charge is 0.416 e. The molecule has 4 rings (SSSR count). The number of nitrogens with zero attached hydrogens (tertiary/aromatic N) is 2. The summed E-state index contributed by atoms with van der Waals surface area (Å²) in [6.07, 6.45) is -4.51. The number of para-hydroxylation sites is 1. The first-order valence-corrected chi connectivity index (χ1v) is 11.3. The van der Waals surface area contributed by atoms with Crippen LogP contribution in [0.1, 0.15) is 29.7 Å². The number of aryl methyl sites for hydroxylation is 1. The summed E-state index contributed by atoms with van der Waals surface area (Å²) in [4.78, 5) is 39.8. The number of fused-ring (bicyclic) bond motifs is 1. The van der Waals surface area contributed by atoms with E-state index in [9.17, 15) is 27.6 Å². The Morgan fingerprint density at radius 2 is 1.75 bits per heavy atom. The molecule has 3 aromatic carbocycles. The quantitative estimate of drug-likeness (QED) is 0.406. The van der Waals surface area contributed by atoms with Crippen molar-refractivity contribution in [3.05, 3.63) is 109 Å². The number of hydrogen-bond donors (Lipinski definition) is 1. The normalized spacial score (nSPS) is 12.5. The van der Waals surface area contributed by atoms with E-state index in [2.05, 4.69) is 5.32 Å². The standard InChI is InChI=1S/C26H21ClF3N3O3/c1-15-10-11-19(13-21(15)27)33-24(35)20-8-3-4-9-22(20)32(25(33)36)16(2)23(34)31-14-17-6-5-7-18(12-17)26(28,29)30/h3-13,16H,14H2,1-2H3,(H,31,34). The Hall–Kier alpha value is -3.85. The first-order chi connectivity index (χ1) is 17.0. The Morgan fingerprint density at radius 3 is 2.44 bits per heavy atom. The van der Waals surface area contributed by atoms with Gasteiger partial charge in [0.05, 0.1) is 22.2 Å². The molecule has 6 nitrogen and oxygen atoms in total. The minimum absolute atomic E-state index is 0.174. The first-order valence-electron chi connectivity index (χ1n) is 11.0. The van der Waals surface area contributed by atoms with E-state index in [1.165, 1.54) is 29.7 Å². The number of aromatic nitrogens is 2. The molecule has 0 spiro atoms. The van der Waals surface area contributed by atoms with Gasteiger partial charge in [0, 0.05) is 11.6 Å². The van der Waals surface area contributed by atoms with Gasteiger partial charge < -0.3 is 5.32 Å². The van der Waals surface area contributed by atoms with E-state index in [4.69, 9.17) is 11.6 Å². The molecule has 1 N–H and O–H groups in total. The summed E-state index contributed by atoms with van der Waals surface area (Å²) in [6, 6.07) is 14.7. The number of halogens is 4. The van der Waals surface area contributed by atoms with Crippen molar-refractivity contribution in [2.24, 2.45) is 0 Å². The Morgan fingerprint density at radius 1 is 1.03 bits per heavy atom. The molecule has 4 aromatic rings. The highest BCUT2D eigenvalue weighted by Crippen LogP contribution is 2.29. The van der Waals surface area contributed by atoms with Crippen LogP contribution in [-0.4, -0.2) is 15.0 Å². The summed E-state index contributed by atoms with van der Waals surface area (Å²) >= 11 is 6.22. The van der Waals surface area contributed by atoms with E-state index in [1.807, 2.05) is 0 Å². The van der Waals surface area contributed by atoms with Crippen LogP contribution in [0.25, 0.3) is 16.6 Å². The molecule has 0 aliphatic rings. The average molecular weight is 516 g/mol. The van der Waals surface area contributed by atoms with E-state index in [0.29, 0.717) is 5.02 Å². The van der Waals surface area contributed by atoms with Crippen molar-refractivity contribution in [1.82, 2.24) is 14.5 Å². The number of rotatable bonds is 5. The van der Waals surface area contributed by atoms with Crippen LogP contribution < -0.4 is 16.6 Å². The Kier molecular flexibility index (Phi) is 6.77. The molecule has 36 heavy (non-hydrogen) atoms. The van der Waals surface area contributed by atoms with Gasteiger partial charge in [-0.2, -0.15) is 13.2 Å². The van der Waals surface area contributed by atoms with Gasteiger partial charge in [0.25, 0.3) is 5.56 Å². The summed E-state index contributed by atoms with van der Waals surface area (Å²) in [7, 11) is 0. The van der Waals surface area contributed by atoms with Crippen LogP contribution in [0.3, 0.4) is 0 Å². The number of alkyl halides is 3. The van der Waals surface area contributed by atoms with Crippen molar-refractivity contribution in [3.63, 3.8) is 0 Å². The minimum Gasteiger partial charge on any atom is -0.350 e. The zero-order chi connectivity index (χ0) is 26.2. The van der Waals surface area contributed by atoms with Crippen molar-refractivity contribution in [2.45, 2.75) is 32.6 Å². The maximum atomic E-state index is 13.6. The molecule has 0 aliphatic carbocycles. The molecule has 1 amide bonds. The number of carbonyl (C=O) groups is 1. The van der Waals surface area contributed by atoms with Crippen molar-refractivity contribution < 1.29 is 18.0 Å². The van der Waals surface area contributed by atoms with Gasteiger partial charge in [-0.15, -0.1) is 0 Å². The highest BCUT2D eigenvalue weighted by molar-refractivity contribution is 6.31. The van der Waals surface area contributed by atoms with Gasteiger partial charge in [0.1, 0.15) is 6.04 Å². The third-order valence-corrected chi connectivity index (χ3v) is 6.30. The SMILES string of the molecule is Cc1ccc(-n2c(=O)c3ccccc3n(C(C)C(=O)NCc3cccc(C(F)(F)F)c3)c2=O)cc1Cl. The maximum Gasteiger partial charge on any atom is 0.416 e. The topological polar surface area (TPSA) is 73.1 Å². The lowest BCUT2D eigenvalue weighted by Gasteiger charge is -2.20. The maximum absolute atomic E-state index is 13.6. The highest BCUT2D eigenvalue weighted by Gasteiger charge is 2.30. The van der Waals surface area contributed by atoms with Gasteiger partial charge in [-0.25, -0.2) is 9.36 Å². The Bertz CT molecular complexity index is 1590. The van der Waals surface area contributed by atoms with Crippen molar-refractivity contribution in [3.8, 4) is 5.69 Å². The van der Waals surface area contributed by atoms with Crippen LogP contribution in [0, 0.1) is 6.92 Å². The van der Waals surface area contributed by atoms with E-state index in [1.54, 1.807) is 43.3 Å². The van der Waals surface area contributed by atoms with Crippen LogP contribution in [0.5, 0.6) is 0 Å². The van der Waals surface area contributed by atoms with Crippen LogP contribution in [0.4, 0.5) is 13.2 Å². The molecule has 10 heteroatoms. The lowest BCUT2D eigenvalue weighted by molar-refractivity contribution is -0.137. The molecule has 0 saturated heterocycles. The fraction of sp³-hybridized carbons (Fsp3) is 0.192. The van der Waals surface area contributed by atoms with Crippen LogP contribution >= 0.6 is 11.6 Å². The van der Waals surface area contributed by atoms with Crippen LogP contribution in [0.2, 0.25) is 5.02 Å². The first kappa shape index (κ1) is 25.2. The molecule has 1 aromatic heterocycles. The summed E-state index contributed by atoms with van der Waals surface area (Å²) < 4.78 is 41.1.